The van der Waals surface area contributed by atoms with Crippen molar-refractivity contribution in [2.45, 2.75) is 52.1 Å². The maximum absolute atomic E-state index is 5.53. The molecule has 0 bridgehead atoms. The molecule has 0 aromatic heterocycles. The Labute approximate surface area is 129 Å². The van der Waals surface area contributed by atoms with Crippen LogP contribution in [0.3, 0.4) is 0 Å². The van der Waals surface area contributed by atoms with E-state index in [4.69, 9.17) is 9.47 Å². The van der Waals surface area contributed by atoms with Crippen molar-refractivity contribution in [2.75, 3.05) is 40.5 Å². The molecule has 5 nitrogen and oxygen atoms in total. The maximum Gasteiger partial charge on any atom is 0.190 e. The Balaban J connectivity index is 2.18. The van der Waals surface area contributed by atoms with Gasteiger partial charge in [0.2, 0.25) is 0 Å². The fourth-order valence-corrected chi connectivity index (χ4v) is 2.60. The lowest BCUT2D eigenvalue weighted by Crippen LogP contribution is -2.47. The zero-order valence-electron chi connectivity index (χ0n) is 14.2. The highest BCUT2D eigenvalue weighted by Gasteiger charge is 2.36. The quantitative estimate of drug-likeness (QED) is 0.369. The topological polar surface area (TPSA) is 54.9 Å². The zero-order valence-corrected chi connectivity index (χ0v) is 14.2. The lowest BCUT2D eigenvalue weighted by Gasteiger charge is -2.42. The largest absolute Gasteiger partial charge is 0.385 e. The Hall–Kier alpha value is -0.810. The van der Waals surface area contributed by atoms with Crippen LogP contribution in [-0.4, -0.2) is 52.5 Å². The van der Waals surface area contributed by atoms with E-state index in [1.807, 2.05) is 7.05 Å². The van der Waals surface area contributed by atoms with E-state index in [1.165, 1.54) is 19.3 Å². The minimum absolute atomic E-state index is 0.307. The van der Waals surface area contributed by atoms with Crippen LogP contribution in [0.15, 0.2) is 4.99 Å². The number of guanidine groups is 1. The van der Waals surface area contributed by atoms with Gasteiger partial charge in [0.15, 0.2) is 5.96 Å². The minimum atomic E-state index is 0.307. The normalized spacial score (nSPS) is 17.7. The molecule has 1 aliphatic carbocycles. The molecule has 0 heterocycles. The maximum atomic E-state index is 5.53. The second-order valence-corrected chi connectivity index (χ2v) is 6.22. The number of nitrogens with zero attached hydrogens (tertiary/aromatic N) is 1. The number of ether oxygens (including phenoxy) is 2. The third-order valence-corrected chi connectivity index (χ3v) is 4.17. The Morgan fingerprint density at radius 3 is 2.52 bits per heavy atom. The van der Waals surface area contributed by atoms with Gasteiger partial charge in [0.1, 0.15) is 0 Å². The van der Waals surface area contributed by atoms with Crippen molar-refractivity contribution in [1.82, 2.24) is 10.6 Å². The smallest absolute Gasteiger partial charge is 0.190 e. The molecule has 1 rings (SSSR count). The summed E-state index contributed by atoms with van der Waals surface area (Å²) in [5.41, 5.74) is 0.411. The van der Waals surface area contributed by atoms with E-state index in [-0.39, 0.29) is 0 Å². The van der Waals surface area contributed by atoms with Crippen molar-refractivity contribution in [3.05, 3.63) is 0 Å². The highest BCUT2D eigenvalue weighted by atomic mass is 16.5. The molecular weight excluding hydrogens is 266 g/mol. The predicted molar refractivity (Wildman–Crippen MR) is 87.8 cm³/mol. The van der Waals surface area contributed by atoms with E-state index in [9.17, 15) is 0 Å². The van der Waals surface area contributed by atoms with Gasteiger partial charge in [0, 0.05) is 40.5 Å². The molecule has 124 valence electrons. The van der Waals surface area contributed by atoms with Gasteiger partial charge in [-0.05, 0) is 44.9 Å². The van der Waals surface area contributed by atoms with Gasteiger partial charge in [-0.3, -0.25) is 4.99 Å². The first kappa shape index (κ1) is 18.2. The number of hydrogen-bond donors (Lipinski definition) is 2. The SMILES string of the molecule is CN=C(NCCCOC(C)C)NCC1(CCOC)CCC1. The van der Waals surface area contributed by atoms with E-state index < -0.39 is 0 Å². The van der Waals surface area contributed by atoms with E-state index >= 15 is 0 Å². The van der Waals surface area contributed by atoms with E-state index in [2.05, 4.69) is 29.5 Å². The molecule has 0 aromatic carbocycles. The van der Waals surface area contributed by atoms with Gasteiger partial charge in [0.25, 0.3) is 0 Å². The van der Waals surface area contributed by atoms with Crippen LogP contribution in [0.4, 0.5) is 0 Å². The Bertz CT molecular complexity index is 302. The van der Waals surface area contributed by atoms with Crippen molar-refractivity contribution in [1.29, 1.82) is 0 Å². The average Bonchev–Trinajstić information content (AvgIpc) is 2.42. The molecule has 2 N–H and O–H groups in total. The number of aliphatic imine (C=N–C) groups is 1. The molecule has 1 fully saturated rings. The fourth-order valence-electron chi connectivity index (χ4n) is 2.60. The summed E-state index contributed by atoms with van der Waals surface area (Å²) in [6, 6.07) is 0. The van der Waals surface area contributed by atoms with Gasteiger partial charge in [-0.15, -0.1) is 0 Å². The molecule has 0 radical (unpaired) electrons. The number of rotatable bonds is 10. The van der Waals surface area contributed by atoms with Gasteiger partial charge in [-0.2, -0.15) is 0 Å². The third kappa shape index (κ3) is 7.14. The zero-order chi connectivity index (χ0) is 15.6. The van der Waals surface area contributed by atoms with Gasteiger partial charge >= 0.3 is 0 Å². The van der Waals surface area contributed by atoms with Crippen molar-refractivity contribution in [2.24, 2.45) is 10.4 Å². The van der Waals surface area contributed by atoms with Crippen LogP contribution in [0, 0.1) is 5.41 Å². The van der Waals surface area contributed by atoms with Crippen LogP contribution in [0.25, 0.3) is 0 Å². The van der Waals surface area contributed by atoms with Crippen LogP contribution in [0.5, 0.6) is 0 Å². The Morgan fingerprint density at radius 1 is 1.24 bits per heavy atom. The second kappa shape index (κ2) is 10.0. The molecule has 21 heavy (non-hydrogen) atoms. The van der Waals surface area contributed by atoms with Gasteiger partial charge in [0.05, 0.1) is 6.10 Å². The van der Waals surface area contributed by atoms with Gasteiger partial charge in [-0.1, -0.05) is 6.42 Å². The molecule has 0 aliphatic heterocycles. The van der Waals surface area contributed by atoms with Crippen molar-refractivity contribution < 1.29 is 9.47 Å². The number of hydrogen-bond acceptors (Lipinski definition) is 3. The molecule has 0 unspecified atom stereocenters. The van der Waals surface area contributed by atoms with E-state index in [0.29, 0.717) is 11.5 Å². The first-order valence-corrected chi connectivity index (χ1v) is 8.17. The lowest BCUT2D eigenvalue weighted by molar-refractivity contribution is 0.0729. The summed E-state index contributed by atoms with van der Waals surface area (Å²) in [6.07, 6.45) is 6.36. The fraction of sp³-hybridized carbons (Fsp3) is 0.938. The summed E-state index contributed by atoms with van der Waals surface area (Å²) >= 11 is 0. The molecule has 1 saturated carbocycles. The van der Waals surface area contributed by atoms with Crippen LogP contribution in [0.2, 0.25) is 0 Å². The number of methoxy groups -OCH3 is 1. The van der Waals surface area contributed by atoms with Gasteiger partial charge in [-0.25, -0.2) is 0 Å². The summed E-state index contributed by atoms with van der Waals surface area (Å²) in [7, 11) is 3.60. The molecule has 0 spiro atoms. The van der Waals surface area contributed by atoms with E-state index in [1.54, 1.807) is 7.11 Å². The average molecular weight is 299 g/mol. The van der Waals surface area contributed by atoms with Gasteiger partial charge < -0.3 is 20.1 Å². The molecular formula is C16H33N3O2. The first-order chi connectivity index (χ1) is 10.1. The third-order valence-electron chi connectivity index (χ3n) is 4.17. The van der Waals surface area contributed by atoms with Crippen LogP contribution in [-0.2, 0) is 9.47 Å². The first-order valence-electron chi connectivity index (χ1n) is 8.17. The summed E-state index contributed by atoms with van der Waals surface area (Å²) in [4.78, 5) is 4.28. The summed E-state index contributed by atoms with van der Waals surface area (Å²) in [5, 5.41) is 6.81. The molecule has 0 amide bonds. The lowest BCUT2D eigenvalue weighted by atomic mass is 9.67. The monoisotopic (exact) mass is 299 g/mol. The van der Waals surface area contributed by atoms with Crippen molar-refractivity contribution in [3.63, 3.8) is 0 Å². The summed E-state index contributed by atoms with van der Waals surface area (Å²) < 4.78 is 10.8. The number of nitrogens with one attached hydrogen (secondary N) is 2. The molecule has 0 saturated heterocycles. The Morgan fingerprint density at radius 2 is 2.00 bits per heavy atom. The highest BCUT2D eigenvalue weighted by molar-refractivity contribution is 5.79. The summed E-state index contributed by atoms with van der Waals surface area (Å²) in [6.45, 7) is 7.63. The molecule has 0 aromatic rings. The predicted octanol–water partition coefficient (Wildman–Crippen LogP) is 2.17. The second-order valence-electron chi connectivity index (χ2n) is 6.22. The molecule has 0 atom stereocenters. The highest BCUT2D eigenvalue weighted by Crippen LogP contribution is 2.43. The molecule has 5 heteroatoms. The van der Waals surface area contributed by atoms with Crippen molar-refractivity contribution in [3.8, 4) is 0 Å². The van der Waals surface area contributed by atoms with Crippen molar-refractivity contribution >= 4 is 5.96 Å². The Kier molecular flexibility index (Phi) is 8.69. The molecule has 1 aliphatic rings. The van der Waals surface area contributed by atoms with Crippen LogP contribution in [0.1, 0.15) is 46.0 Å². The van der Waals surface area contributed by atoms with E-state index in [0.717, 1.165) is 45.1 Å². The minimum Gasteiger partial charge on any atom is -0.385 e. The van der Waals surface area contributed by atoms with Crippen LogP contribution >= 0.6 is 0 Å². The summed E-state index contributed by atoms with van der Waals surface area (Å²) in [5.74, 6) is 0.892. The standard InChI is InChI=1S/C16H33N3O2/c1-14(2)21-11-6-10-18-15(17-3)19-13-16(7-5-8-16)9-12-20-4/h14H,5-13H2,1-4H3,(H2,17,18,19). The van der Waals surface area contributed by atoms with Crippen LogP contribution < -0.4 is 10.6 Å².